The third-order valence-corrected chi connectivity index (χ3v) is 3.36. The average Bonchev–Trinajstić information content (AvgIpc) is 2.56. The van der Waals surface area contributed by atoms with Crippen LogP contribution in [0.15, 0.2) is 6.07 Å². The molecule has 0 radical (unpaired) electrons. The first-order valence-corrected chi connectivity index (χ1v) is 7.19. The van der Waals surface area contributed by atoms with Crippen LogP contribution < -0.4 is 5.32 Å². The van der Waals surface area contributed by atoms with Crippen LogP contribution in [0.25, 0.3) is 0 Å². The molecule has 0 saturated heterocycles. The molecule has 0 aliphatic carbocycles. The molecule has 3 nitrogen and oxygen atoms in total. The normalized spacial score (nSPS) is 10.9. The SMILES string of the molecule is CCSCCNCCCn1nc(C)cc1C. The van der Waals surface area contributed by atoms with E-state index in [4.69, 9.17) is 0 Å². The molecule has 1 aromatic heterocycles. The average molecular weight is 241 g/mol. The molecule has 0 aliphatic heterocycles. The smallest absolute Gasteiger partial charge is 0.0596 e. The number of hydrogen-bond donors (Lipinski definition) is 1. The molecule has 92 valence electrons. The summed E-state index contributed by atoms with van der Waals surface area (Å²) in [6, 6.07) is 2.13. The lowest BCUT2D eigenvalue weighted by molar-refractivity contribution is 0.539. The summed E-state index contributed by atoms with van der Waals surface area (Å²) in [4.78, 5) is 0. The Labute approximate surface area is 103 Å². The van der Waals surface area contributed by atoms with Crippen molar-refractivity contribution in [1.82, 2.24) is 15.1 Å². The van der Waals surface area contributed by atoms with Gasteiger partial charge in [-0.25, -0.2) is 0 Å². The fourth-order valence-corrected chi connectivity index (χ4v) is 2.25. The molecule has 1 rings (SSSR count). The molecule has 1 N–H and O–H groups in total. The second-order valence-electron chi connectivity index (χ2n) is 3.95. The predicted octanol–water partition coefficient (Wildman–Crippen LogP) is 2.23. The van der Waals surface area contributed by atoms with Crippen molar-refractivity contribution in [3.8, 4) is 0 Å². The van der Waals surface area contributed by atoms with E-state index >= 15 is 0 Å². The number of aromatic nitrogens is 2. The molecule has 0 atom stereocenters. The topological polar surface area (TPSA) is 29.9 Å². The van der Waals surface area contributed by atoms with Gasteiger partial charge in [0.15, 0.2) is 0 Å². The molecule has 0 bridgehead atoms. The van der Waals surface area contributed by atoms with Gasteiger partial charge in [0, 0.05) is 24.5 Å². The van der Waals surface area contributed by atoms with E-state index in [1.165, 1.54) is 17.2 Å². The van der Waals surface area contributed by atoms with Gasteiger partial charge in [-0.15, -0.1) is 0 Å². The van der Waals surface area contributed by atoms with Gasteiger partial charge >= 0.3 is 0 Å². The van der Waals surface area contributed by atoms with Gasteiger partial charge in [0.25, 0.3) is 0 Å². The second kappa shape index (κ2) is 7.74. The molecule has 1 heterocycles. The summed E-state index contributed by atoms with van der Waals surface area (Å²) in [6.45, 7) is 9.59. The monoisotopic (exact) mass is 241 g/mol. The Morgan fingerprint density at radius 2 is 2.19 bits per heavy atom. The summed E-state index contributed by atoms with van der Waals surface area (Å²) in [5.74, 6) is 2.43. The van der Waals surface area contributed by atoms with Crippen molar-refractivity contribution in [3.63, 3.8) is 0 Å². The predicted molar refractivity (Wildman–Crippen MR) is 72.2 cm³/mol. The van der Waals surface area contributed by atoms with Crippen LogP contribution in [0.5, 0.6) is 0 Å². The van der Waals surface area contributed by atoms with Crippen molar-refractivity contribution in [2.24, 2.45) is 0 Å². The zero-order chi connectivity index (χ0) is 11.8. The Morgan fingerprint density at radius 3 is 2.81 bits per heavy atom. The van der Waals surface area contributed by atoms with Crippen LogP contribution in [0.2, 0.25) is 0 Å². The van der Waals surface area contributed by atoms with Crippen molar-refractivity contribution in [1.29, 1.82) is 0 Å². The fourth-order valence-electron chi connectivity index (χ4n) is 1.67. The number of nitrogens with one attached hydrogen (secondary N) is 1. The Balaban J connectivity index is 2.05. The number of thioether (sulfide) groups is 1. The second-order valence-corrected chi connectivity index (χ2v) is 5.34. The Bertz CT molecular complexity index is 296. The van der Waals surface area contributed by atoms with Crippen molar-refractivity contribution in [2.45, 2.75) is 33.7 Å². The largest absolute Gasteiger partial charge is 0.316 e. The van der Waals surface area contributed by atoms with Gasteiger partial charge in [0.1, 0.15) is 0 Å². The quantitative estimate of drug-likeness (QED) is 0.708. The summed E-state index contributed by atoms with van der Waals surface area (Å²) in [6.07, 6.45) is 1.15. The van der Waals surface area contributed by atoms with Crippen molar-refractivity contribution < 1.29 is 0 Å². The highest BCUT2D eigenvalue weighted by Crippen LogP contribution is 2.02. The van der Waals surface area contributed by atoms with Crippen LogP contribution in [0.4, 0.5) is 0 Å². The summed E-state index contributed by atoms with van der Waals surface area (Å²) >= 11 is 1.99. The van der Waals surface area contributed by atoms with Crippen LogP contribution in [0.3, 0.4) is 0 Å². The van der Waals surface area contributed by atoms with Gasteiger partial charge in [-0.2, -0.15) is 16.9 Å². The minimum absolute atomic E-state index is 1.02. The lowest BCUT2D eigenvalue weighted by atomic mass is 10.4. The molecule has 4 heteroatoms. The summed E-state index contributed by atoms with van der Waals surface area (Å²) in [5, 5.41) is 7.90. The van der Waals surface area contributed by atoms with E-state index in [0.717, 1.165) is 31.7 Å². The number of hydrogen-bond acceptors (Lipinski definition) is 3. The first-order valence-electron chi connectivity index (χ1n) is 6.03. The van der Waals surface area contributed by atoms with Gasteiger partial charge in [0.2, 0.25) is 0 Å². The third kappa shape index (κ3) is 5.03. The third-order valence-electron chi connectivity index (χ3n) is 2.45. The lowest BCUT2D eigenvalue weighted by Gasteiger charge is -2.05. The molecule has 0 amide bonds. The van der Waals surface area contributed by atoms with E-state index in [2.05, 4.69) is 35.0 Å². The standard InChI is InChI=1S/C12H23N3S/c1-4-16-9-7-13-6-5-8-15-12(3)10-11(2)14-15/h10,13H,4-9H2,1-3H3. The summed E-state index contributed by atoms with van der Waals surface area (Å²) < 4.78 is 2.10. The van der Waals surface area contributed by atoms with E-state index in [9.17, 15) is 0 Å². The lowest BCUT2D eigenvalue weighted by Crippen LogP contribution is -2.20. The fraction of sp³-hybridized carbons (Fsp3) is 0.750. The van der Waals surface area contributed by atoms with Gasteiger partial charge in [-0.1, -0.05) is 6.92 Å². The van der Waals surface area contributed by atoms with Gasteiger partial charge in [0.05, 0.1) is 5.69 Å². The minimum Gasteiger partial charge on any atom is -0.316 e. The first kappa shape index (κ1) is 13.6. The molecule has 0 aromatic carbocycles. The van der Waals surface area contributed by atoms with E-state index < -0.39 is 0 Å². The molecule has 0 unspecified atom stereocenters. The number of nitrogens with zero attached hydrogens (tertiary/aromatic N) is 2. The Kier molecular flexibility index (Phi) is 6.57. The Morgan fingerprint density at radius 1 is 1.38 bits per heavy atom. The maximum Gasteiger partial charge on any atom is 0.0596 e. The van der Waals surface area contributed by atoms with Gasteiger partial charge in [-0.05, 0) is 38.6 Å². The molecule has 0 saturated carbocycles. The van der Waals surface area contributed by atoms with Crippen LogP contribution in [0, 0.1) is 13.8 Å². The highest BCUT2D eigenvalue weighted by molar-refractivity contribution is 7.99. The maximum atomic E-state index is 4.44. The van der Waals surface area contributed by atoms with Crippen molar-refractivity contribution in [2.75, 3.05) is 24.6 Å². The highest BCUT2D eigenvalue weighted by Gasteiger charge is 1.99. The van der Waals surface area contributed by atoms with E-state index in [1.54, 1.807) is 0 Å². The number of aryl methyl sites for hydroxylation is 3. The molecule has 1 aromatic rings. The molecular formula is C12H23N3S. The van der Waals surface area contributed by atoms with Gasteiger partial charge in [-0.3, -0.25) is 4.68 Å². The zero-order valence-corrected chi connectivity index (χ0v) is 11.4. The van der Waals surface area contributed by atoms with Gasteiger partial charge < -0.3 is 5.32 Å². The van der Waals surface area contributed by atoms with E-state index in [0.29, 0.717) is 0 Å². The van der Waals surface area contributed by atoms with Crippen LogP contribution in [-0.2, 0) is 6.54 Å². The summed E-state index contributed by atoms with van der Waals surface area (Å²) in [7, 11) is 0. The molecular weight excluding hydrogens is 218 g/mol. The van der Waals surface area contributed by atoms with Crippen molar-refractivity contribution in [3.05, 3.63) is 17.5 Å². The highest BCUT2D eigenvalue weighted by atomic mass is 32.2. The number of rotatable bonds is 8. The van der Waals surface area contributed by atoms with Crippen LogP contribution in [0.1, 0.15) is 24.7 Å². The molecule has 16 heavy (non-hydrogen) atoms. The van der Waals surface area contributed by atoms with Crippen LogP contribution in [-0.4, -0.2) is 34.4 Å². The maximum absolute atomic E-state index is 4.44. The molecule has 0 spiro atoms. The minimum atomic E-state index is 1.02. The van der Waals surface area contributed by atoms with E-state index in [-0.39, 0.29) is 0 Å². The van der Waals surface area contributed by atoms with E-state index in [1.807, 2.05) is 18.7 Å². The Hall–Kier alpha value is -0.480. The zero-order valence-electron chi connectivity index (χ0n) is 10.6. The molecule has 0 aliphatic rings. The summed E-state index contributed by atoms with van der Waals surface area (Å²) in [5.41, 5.74) is 2.38. The molecule has 0 fully saturated rings. The van der Waals surface area contributed by atoms with Crippen molar-refractivity contribution >= 4 is 11.8 Å². The van der Waals surface area contributed by atoms with Crippen LogP contribution >= 0.6 is 11.8 Å². The first-order chi connectivity index (χ1) is 7.74.